The van der Waals surface area contributed by atoms with Gasteiger partial charge in [0, 0.05) is 50.7 Å². The molecule has 0 bridgehead atoms. The van der Waals surface area contributed by atoms with Gasteiger partial charge in [0.25, 0.3) is 0 Å². The predicted octanol–water partition coefficient (Wildman–Crippen LogP) is 4.12. The predicted molar refractivity (Wildman–Crippen MR) is 138 cm³/mol. The van der Waals surface area contributed by atoms with Crippen LogP contribution in [0.3, 0.4) is 0 Å². The van der Waals surface area contributed by atoms with E-state index in [1.54, 1.807) is 26.1 Å². The van der Waals surface area contributed by atoms with Crippen LogP contribution in [0.5, 0.6) is 0 Å². The molecule has 0 radical (unpaired) electrons. The summed E-state index contributed by atoms with van der Waals surface area (Å²) in [4.78, 5) is 12.3. The largest absolute Gasteiger partial charge is 0.374 e. The number of pyridine rings is 1. The highest BCUT2D eigenvalue weighted by atomic mass is 32.2. The summed E-state index contributed by atoms with van der Waals surface area (Å²) in [6.07, 6.45) is 7.60. The molecule has 1 fully saturated rings. The molecule has 0 saturated carbocycles. The molecule has 2 aromatic rings. The van der Waals surface area contributed by atoms with Crippen molar-refractivity contribution < 1.29 is 8.42 Å². The summed E-state index contributed by atoms with van der Waals surface area (Å²) in [5.41, 5.74) is 3.86. The van der Waals surface area contributed by atoms with Gasteiger partial charge in [0.2, 0.25) is 10.0 Å². The van der Waals surface area contributed by atoms with Crippen LogP contribution in [0.4, 0.5) is 17.3 Å². The number of H-pyrrole nitrogens is 1. The van der Waals surface area contributed by atoms with Crippen LogP contribution in [-0.4, -0.2) is 61.8 Å². The topological polar surface area (TPSA) is 93.4 Å². The van der Waals surface area contributed by atoms with Gasteiger partial charge in [-0.1, -0.05) is 19.1 Å². The number of nitrogens with one attached hydrogen (secondary N) is 3. The van der Waals surface area contributed by atoms with Gasteiger partial charge in [-0.15, -0.1) is 0 Å². The van der Waals surface area contributed by atoms with Crippen LogP contribution in [0.25, 0.3) is 5.70 Å². The van der Waals surface area contributed by atoms with Crippen molar-refractivity contribution in [3.05, 3.63) is 54.4 Å². The molecule has 33 heavy (non-hydrogen) atoms. The van der Waals surface area contributed by atoms with E-state index in [1.165, 1.54) is 0 Å². The summed E-state index contributed by atoms with van der Waals surface area (Å²) in [7, 11) is 0.568. The van der Waals surface area contributed by atoms with Gasteiger partial charge in [-0.05, 0) is 51.0 Å². The normalized spacial score (nSPS) is 16.8. The van der Waals surface area contributed by atoms with Crippen molar-refractivity contribution in [1.29, 1.82) is 0 Å². The number of anilines is 3. The van der Waals surface area contributed by atoms with Crippen LogP contribution in [0.1, 0.15) is 39.2 Å². The van der Waals surface area contributed by atoms with E-state index in [1.807, 2.05) is 26.4 Å². The van der Waals surface area contributed by atoms with Crippen LogP contribution >= 0.6 is 0 Å². The van der Waals surface area contributed by atoms with Gasteiger partial charge in [-0.2, -0.15) is 0 Å². The van der Waals surface area contributed by atoms with Crippen LogP contribution in [0.15, 0.2) is 48.8 Å². The number of aromatic nitrogens is 2. The molecule has 0 aromatic carbocycles. The Morgan fingerprint density at radius 3 is 2.76 bits per heavy atom. The van der Waals surface area contributed by atoms with E-state index in [-0.39, 0.29) is 6.04 Å². The maximum absolute atomic E-state index is 12.1. The second-order valence-electron chi connectivity index (χ2n) is 8.66. The maximum Gasteiger partial charge on any atom is 0.235 e. The number of sulfonamides is 1. The Balaban J connectivity index is 1.75. The lowest BCUT2D eigenvalue weighted by molar-refractivity contribution is 0.480. The zero-order chi connectivity index (χ0) is 24.2. The molecule has 1 saturated heterocycles. The molecule has 0 aliphatic carbocycles. The Morgan fingerprint density at radius 2 is 2.15 bits per heavy atom. The Morgan fingerprint density at radius 1 is 1.39 bits per heavy atom. The molecule has 3 rings (SSSR count). The third-order valence-corrected chi connectivity index (χ3v) is 7.87. The van der Waals surface area contributed by atoms with Crippen molar-refractivity contribution in [2.45, 2.75) is 44.9 Å². The minimum Gasteiger partial charge on any atom is -0.374 e. The second kappa shape index (κ2) is 10.3. The minimum absolute atomic E-state index is 0.283. The summed E-state index contributed by atoms with van der Waals surface area (Å²) in [6, 6.07) is 6.00. The lowest BCUT2D eigenvalue weighted by atomic mass is 10.1. The van der Waals surface area contributed by atoms with Crippen LogP contribution in [-0.2, 0) is 10.0 Å². The first-order chi connectivity index (χ1) is 15.7. The molecule has 180 valence electrons. The highest BCUT2D eigenvalue weighted by molar-refractivity contribution is 7.93. The summed E-state index contributed by atoms with van der Waals surface area (Å²) >= 11 is 0. The number of aromatic amines is 1. The fourth-order valence-electron chi connectivity index (χ4n) is 3.83. The first-order valence-corrected chi connectivity index (χ1v) is 12.9. The third-order valence-electron chi connectivity index (χ3n) is 6.11. The summed E-state index contributed by atoms with van der Waals surface area (Å²) in [5, 5.41) is 2.74. The van der Waals surface area contributed by atoms with Crippen molar-refractivity contribution in [3.63, 3.8) is 0 Å². The lowest BCUT2D eigenvalue weighted by Gasteiger charge is -2.28. The Hall–Kier alpha value is -2.94. The Bertz CT molecular complexity index is 1090. The number of likely N-dealkylation sites (N-methyl/N-ethyl adjacent to an activating group) is 1. The Kier molecular flexibility index (Phi) is 7.73. The van der Waals surface area contributed by atoms with Crippen molar-refractivity contribution in [2.75, 3.05) is 42.1 Å². The van der Waals surface area contributed by atoms with Gasteiger partial charge in [0.05, 0.1) is 17.1 Å². The maximum atomic E-state index is 12.1. The Labute approximate surface area is 197 Å². The van der Waals surface area contributed by atoms with Crippen molar-refractivity contribution >= 4 is 33.0 Å². The van der Waals surface area contributed by atoms with Crippen molar-refractivity contribution in [1.82, 2.24) is 14.9 Å². The average molecular weight is 473 g/mol. The van der Waals surface area contributed by atoms with Gasteiger partial charge in [0.1, 0.15) is 11.6 Å². The number of hydrogen-bond acceptors (Lipinski definition) is 6. The molecule has 8 nitrogen and oxygen atoms in total. The highest BCUT2D eigenvalue weighted by Crippen LogP contribution is 2.32. The van der Waals surface area contributed by atoms with Crippen LogP contribution in [0.2, 0.25) is 0 Å². The lowest BCUT2D eigenvalue weighted by Crippen LogP contribution is -2.34. The zero-order valence-corrected chi connectivity index (χ0v) is 21.0. The third kappa shape index (κ3) is 5.71. The molecular formula is C24H36N6O2S. The van der Waals surface area contributed by atoms with Crippen molar-refractivity contribution in [2.24, 2.45) is 0 Å². The van der Waals surface area contributed by atoms with Crippen molar-refractivity contribution in [3.8, 4) is 0 Å². The molecule has 0 amide bonds. The second-order valence-corrected chi connectivity index (χ2v) is 10.9. The number of hydrogen-bond donors (Lipinski definition) is 3. The van der Waals surface area contributed by atoms with E-state index in [2.05, 4.69) is 55.5 Å². The standard InChI is InChI=1S/C24H36N6O2S/c1-7-18(4)14-22(21-10-12-26-24(21)25-5)30-13-11-20(16-30)29(6)23-9-8-19(15-27-23)28-33(31,32)17(2)3/h8-10,12,14-15,17,20,25-26,28H,4,7,11,13,16H2,1-3,5-6H3/b22-14+. The molecule has 0 spiro atoms. The van der Waals surface area contributed by atoms with E-state index in [0.29, 0.717) is 5.69 Å². The molecule has 9 heteroatoms. The van der Waals surface area contributed by atoms with E-state index >= 15 is 0 Å². The number of allylic oxidation sites excluding steroid dienone is 2. The van der Waals surface area contributed by atoms with E-state index < -0.39 is 15.3 Å². The molecule has 3 heterocycles. The average Bonchev–Trinajstić information content (AvgIpc) is 3.46. The molecule has 2 aromatic heterocycles. The first kappa shape index (κ1) is 24.7. The first-order valence-electron chi connectivity index (χ1n) is 11.4. The molecular weight excluding hydrogens is 436 g/mol. The summed E-state index contributed by atoms with van der Waals surface area (Å²) < 4.78 is 26.8. The zero-order valence-electron chi connectivity index (χ0n) is 20.2. The molecule has 1 unspecified atom stereocenters. The minimum atomic E-state index is -3.39. The van der Waals surface area contributed by atoms with Gasteiger partial charge < -0.3 is 20.1 Å². The van der Waals surface area contributed by atoms with E-state index in [4.69, 9.17) is 0 Å². The number of nitrogens with zero attached hydrogens (tertiary/aromatic N) is 3. The molecule has 1 aliphatic rings. The fourth-order valence-corrected chi connectivity index (χ4v) is 4.51. The molecule has 1 atom stereocenters. The summed E-state index contributed by atoms with van der Waals surface area (Å²) in [5.74, 6) is 1.80. The smallest absolute Gasteiger partial charge is 0.235 e. The van der Waals surface area contributed by atoms with Gasteiger partial charge in [-0.3, -0.25) is 4.72 Å². The van der Waals surface area contributed by atoms with E-state index in [9.17, 15) is 8.42 Å². The summed E-state index contributed by atoms with van der Waals surface area (Å²) in [6.45, 7) is 11.4. The van der Waals surface area contributed by atoms with Crippen LogP contribution in [0, 0.1) is 0 Å². The fraction of sp³-hybridized carbons (Fsp3) is 0.458. The quantitative estimate of drug-likeness (QED) is 0.451. The number of likely N-dealkylation sites (tertiary alicyclic amines) is 1. The molecule has 3 N–H and O–H groups in total. The highest BCUT2D eigenvalue weighted by Gasteiger charge is 2.29. The van der Waals surface area contributed by atoms with Gasteiger partial charge >= 0.3 is 0 Å². The van der Waals surface area contributed by atoms with E-state index in [0.717, 1.165) is 54.4 Å². The molecule has 1 aliphatic heterocycles. The van der Waals surface area contributed by atoms with Crippen LogP contribution < -0.4 is 14.9 Å². The van der Waals surface area contributed by atoms with Gasteiger partial charge in [-0.25, -0.2) is 13.4 Å². The van der Waals surface area contributed by atoms with Gasteiger partial charge in [0.15, 0.2) is 0 Å². The number of rotatable bonds is 10. The monoisotopic (exact) mass is 472 g/mol. The SMILES string of the molecule is C=C(/C=C(\c1cc[nH]c1NC)N1CCC(N(C)c2ccc(NS(=O)(=O)C(C)C)cn2)C1)CC.